The molecule has 0 saturated heterocycles. The van der Waals surface area contributed by atoms with Gasteiger partial charge in [0, 0.05) is 9.37 Å². The number of amides is 1. The molecule has 1 saturated carbocycles. The number of carbonyl (C=O) groups is 1. The van der Waals surface area contributed by atoms with Gasteiger partial charge in [0.05, 0.1) is 11.9 Å². The van der Waals surface area contributed by atoms with Crippen LogP contribution < -0.4 is 5.48 Å². The molecule has 1 aromatic rings. The van der Waals surface area contributed by atoms with Gasteiger partial charge in [-0.25, -0.2) is 5.48 Å². The summed E-state index contributed by atoms with van der Waals surface area (Å²) in [6.07, 6.45) is 4.73. The number of hydroxylamine groups is 1. The Bertz CT molecular complexity index is 390. The first-order valence-electron chi connectivity index (χ1n) is 6.07. The van der Waals surface area contributed by atoms with Crippen molar-refractivity contribution in [3.8, 4) is 0 Å². The van der Waals surface area contributed by atoms with Gasteiger partial charge in [-0.2, -0.15) is 0 Å². The Morgan fingerprint density at radius 1 is 1.33 bits per heavy atom. The number of thioether (sulfide) groups is 1. The molecular formula is C13H16BrNO2S. The van der Waals surface area contributed by atoms with Crippen molar-refractivity contribution < 1.29 is 9.63 Å². The van der Waals surface area contributed by atoms with E-state index in [2.05, 4.69) is 21.4 Å². The summed E-state index contributed by atoms with van der Waals surface area (Å²) in [5.41, 5.74) is 2.54. The van der Waals surface area contributed by atoms with E-state index in [1.165, 1.54) is 24.6 Å². The molecule has 0 aromatic heterocycles. The molecule has 0 atom stereocenters. The van der Waals surface area contributed by atoms with Crippen LogP contribution >= 0.6 is 27.7 Å². The maximum atomic E-state index is 11.6. The third-order valence-corrected chi connectivity index (χ3v) is 4.37. The fourth-order valence-corrected chi connectivity index (χ4v) is 2.81. The number of halogens is 1. The van der Waals surface area contributed by atoms with Crippen LogP contribution in [0.15, 0.2) is 33.6 Å². The number of nitrogens with one attached hydrogen (secondary N) is 1. The highest BCUT2D eigenvalue weighted by atomic mass is 79.9. The SMILES string of the molecule is O=C(CSc1ccc(Br)cc1)NOC1CCCC1. The number of benzene rings is 1. The predicted octanol–water partition coefficient (Wildman–Crippen LogP) is 3.53. The molecule has 98 valence electrons. The highest BCUT2D eigenvalue weighted by Crippen LogP contribution is 2.21. The van der Waals surface area contributed by atoms with Crippen molar-refractivity contribution in [1.29, 1.82) is 0 Å². The minimum atomic E-state index is -0.0742. The van der Waals surface area contributed by atoms with E-state index >= 15 is 0 Å². The van der Waals surface area contributed by atoms with Crippen molar-refractivity contribution in [2.45, 2.75) is 36.7 Å². The average Bonchev–Trinajstić information content (AvgIpc) is 2.89. The summed E-state index contributed by atoms with van der Waals surface area (Å²) in [6.45, 7) is 0. The van der Waals surface area contributed by atoms with Crippen LogP contribution in [0.25, 0.3) is 0 Å². The molecule has 1 aliphatic rings. The molecule has 18 heavy (non-hydrogen) atoms. The lowest BCUT2D eigenvalue weighted by Gasteiger charge is -2.11. The summed E-state index contributed by atoms with van der Waals surface area (Å²) in [5.74, 6) is 0.309. The number of carbonyl (C=O) groups excluding carboxylic acids is 1. The predicted molar refractivity (Wildman–Crippen MR) is 76.3 cm³/mol. The number of hydrogen-bond donors (Lipinski definition) is 1. The summed E-state index contributed by atoms with van der Waals surface area (Å²) in [5, 5.41) is 0. The molecule has 1 aliphatic carbocycles. The van der Waals surface area contributed by atoms with Crippen LogP contribution in [0.3, 0.4) is 0 Å². The van der Waals surface area contributed by atoms with Gasteiger partial charge in [0.25, 0.3) is 5.91 Å². The van der Waals surface area contributed by atoms with Crippen molar-refractivity contribution in [2.24, 2.45) is 0 Å². The average molecular weight is 330 g/mol. The zero-order chi connectivity index (χ0) is 12.8. The van der Waals surface area contributed by atoms with Crippen LogP contribution in [0.5, 0.6) is 0 Å². The quantitative estimate of drug-likeness (QED) is 0.663. The summed E-state index contributed by atoms with van der Waals surface area (Å²) in [4.78, 5) is 18.0. The summed E-state index contributed by atoms with van der Waals surface area (Å²) in [6, 6.07) is 7.91. The minimum absolute atomic E-state index is 0.0742. The standard InChI is InChI=1S/C13H16BrNO2S/c14-10-5-7-12(8-6-10)18-9-13(16)15-17-11-3-1-2-4-11/h5-8,11H,1-4,9H2,(H,15,16). The molecule has 1 N–H and O–H groups in total. The second-order valence-corrected chi connectivity index (χ2v) is 6.26. The van der Waals surface area contributed by atoms with Crippen LogP contribution in [0.2, 0.25) is 0 Å². The van der Waals surface area contributed by atoms with E-state index in [9.17, 15) is 4.79 Å². The fourth-order valence-electron chi connectivity index (χ4n) is 1.86. The van der Waals surface area contributed by atoms with Crippen molar-refractivity contribution >= 4 is 33.6 Å². The molecule has 0 aliphatic heterocycles. The molecule has 0 bridgehead atoms. The molecular weight excluding hydrogens is 314 g/mol. The third kappa shape index (κ3) is 4.63. The van der Waals surface area contributed by atoms with E-state index in [-0.39, 0.29) is 12.0 Å². The zero-order valence-electron chi connectivity index (χ0n) is 10.0. The molecule has 0 radical (unpaired) electrons. The summed E-state index contributed by atoms with van der Waals surface area (Å²) < 4.78 is 1.04. The van der Waals surface area contributed by atoms with E-state index in [1.54, 1.807) is 0 Å². The number of hydrogen-bond acceptors (Lipinski definition) is 3. The van der Waals surface area contributed by atoms with Gasteiger partial charge in [0.1, 0.15) is 0 Å². The van der Waals surface area contributed by atoms with Crippen molar-refractivity contribution in [3.63, 3.8) is 0 Å². The largest absolute Gasteiger partial charge is 0.272 e. The van der Waals surface area contributed by atoms with Gasteiger partial charge in [-0.1, -0.05) is 28.8 Å². The van der Waals surface area contributed by atoms with E-state index in [0.717, 1.165) is 22.2 Å². The van der Waals surface area contributed by atoms with Gasteiger partial charge in [-0.15, -0.1) is 11.8 Å². The lowest BCUT2D eigenvalue weighted by Crippen LogP contribution is -2.29. The van der Waals surface area contributed by atoms with Crippen molar-refractivity contribution in [3.05, 3.63) is 28.7 Å². The van der Waals surface area contributed by atoms with Gasteiger partial charge >= 0.3 is 0 Å². The topological polar surface area (TPSA) is 38.3 Å². The summed E-state index contributed by atoms with van der Waals surface area (Å²) in [7, 11) is 0. The first-order chi connectivity index (χ1) is 8.74. The molecule has 0 spiro atoms. The van der Waals surface area contributed by atoms with E-state index in [0.29, 0.717) is 5.75 Å². The molecule has 5 heteroatoms. The Morgan fingerprint density at radius 3 is 2.67 bits per heavy atom. The lowest BCUT2D eigenvalue weighted by molar-refractivity contribution is -0.135. The van der Waals surface area contributed by atoms with Crippen LogP contribution in [0.1, 0.15) is 25.7 Å². The Kier molecular flexibility index (Phi) is 5.53. The van der Waals surface area contributed by atoms with Gasteiger partial charge in [0.15, 0.2) is 0 Å². The second kappa shape index (κ2) is 7.16. The Balaban J connectivity index is 1.66. The molecule has 1 fully saturated rings. The summed E-state index contributed by atoms with van der Waals surface area (Å²) >= 11 is 4.89. The molecule has 1 amide bonds. The fraction of sp³-hybridized carbons (Fsp3) is 0.462. The van der Waals surface area contributed by atoms with Gasteiger partial charge in [0.2, 0.25) is 0 Å². The monoisotopic (exact) mass is 329 g/mol. The van der Waals surface area contributed by atoms with Crippen LogP contribution in [-0.2, 0) is 9.63 Å². The molecule has 1 aromatic carbocycles. The van der Waals surface area contributed by atoms with Crippen molar-refractivity contribution in [2.75, 3.05) is 5.75 Å². The molecule has 0 heterocycles. The van der Waals surface area contributed by atoms with Gasteiger partial charge < -0.3 is 0 Å². The zero-order valence-corrected chi connectivity index (χ0v) is 12.4. The highest BCUT2D eigenvalue weighted by Gasteiger charge is 2.16. The van der Waals surface area contributed by atoms with E-state index in [4.69, 9.17) is 4.84 Å². The van der Waals surface area contributed by atoms with E-state index in [1.807, 2.05) is 24.3 Å². The number of rotatable bonds is 5. The molecule has 0 unspecified atom stereocenters. The Morgan fingerprint density at radius 2 is 2.00 bits per heavy atom. The van der Waals surface area contributed by atoms with Gasteiger partial charge in [-0.3, -0.25) is 9.63 Å². The third-order valence-electron chi connectivity index (χ3n) is 2.83. The van der Waals surface area contributed by atoms with Crippen LogP contribution in [0.4, 0.5) is 0 Å². The van der Waals surface area contributed by atoms with E-state index < -0.39 is 0 Å². The second-order valence-electron chi connectivity index (χ2n) is 4.29. The minimum Gasteiger partial charge on any atom is -0.272 e. The van der Waals surface area contributed by atoms with Crippen LogP contribution in [-0.4, -0.2) is 17.8 Å². The Labute approximate surface area is 120 Å². The molecule has 2 rings (SSSR count). The maximum absolute atomic E-state index is 11.6. The smallest absolute Gasteiger partial charge is 0.253 e. The maximum Gasteiger partial charge on any atom is 0.253 e. The highest BCUT2D eigenvalue weighted by molar-refractivity contribution is 9.10. The van der Waals surface area contributed by atoms with Gasteiger partial charge in [-0.05, 0) is 37.1 Å². The van der Waals surface area contributed by atoms with Crippen molar-refractivity contribution in [1.82, 2.24) is 5.48 Å². The van der Waals surface area contributed by atoms with Crippen LogP contribution in [0, 0.1) is 0 Å². The molecule has 3 nitrogen and oxygen atoms in total. The normalized spacial score (nSPS) is 15.8. The lowest BCUT2D eigenvalue weighted by atomic mass is 10.3. The Hall–Kier alpha value is -0.520. The first-order valence-corrected chi connectivity index (χ1v) is 7.85. The first kappa shape index (κ1) is 13.9.